The largest absolute Gasteiger partial charge is 0.497 e. The van der Waals surface area contributed by atoms with Crippen molar-refractivity contribution >= 4 is 34.8 Å². The molecule has 1 atom stereocenters. The van der Waals surface area contributed by atoms with Gasteiger partial charge in [-0.05, 0) is 55.0 Å². The molecular formula is C26H25N3O5. The van der Waals surface area contributed by atoms with Gasteiger partial charge in [-0.1, -0.05) is 30.3 Å². The Bertz CT molecular complexity index is 1190. The zero-order chi connectivity index (χ0) is 24.1. The van der Waals surface area contributed by atoms with Crippen molar-refractivity contribution in [3.8, 4) is 11.5 Å². The Kier molecular flexibility index (Phi) is 6.77. The first-order chi connectivity index (χ1) is 16.4. The average molecular weight is 460 g/mol. The molecule has 0 fully saturated rings. The number of nitrogens with zero attached hydrogens (tertiary/aromatic N) is 1. The summed E-state index contributed by atoms with van der Waals surface area (Å²) in [7, 11) is 1.58. The number of carbonyl (C=O) groups excluding carboxylic acids is 3. The molecule has 174 valence electrons. The van der Waals surface area contributed by atoms with Crippen molar-refractivity contribution in [2.75, 3.05) is 29.2 Å². The Morgan fingerprint density at radius 3 is 2.35 bits per heavy atom. The fourth-order valence-corrected chi connectivity index (χ4v) is 3.65. The summed E-state index contributed by atoms with van der Waals surface area (Å²) >= 11 is 0. The van der Waals surface area contributed by atoms with Gasteiger partial charge in [-0.3, -0.25) is 19.3 Å². The van der Waals surface area contributed by atoms with E-state index >= 15 is 0 Å². The first-order valence-electron chi connectivity index (χ1n) is 10.8. The van der Waals surface area contributed by atoms with Crippen molar-refractivity contribution in [2.24, 2.45) is 0 Å². The Balaban J connectivity index is 1.48. The monoisotopic (exact) mass is 459 g/mol. The Labute approximate surface area is 197 Å². The van der Waals surface area contributed by atoms with Crippen LogP contribution in [0.1, 0.15) is 12.5 Å². The Morgan fingerprint density at radius 1 is 0.941 bits per heavy atom. The van der Waals surface area contributed by atoms with Gasteiger partial charge in [0, 0.05) is 11.4 Å². The predicted octanol–water partition coefficient (Wildman–Crippen LogP) is 3.63. The highest BCUT2D eigenvalue weighted by Crippen LogP contribution is 2.36. The molecule has 0 spiro atoms. The van der Waals surface area contributed by atoms with Gasteiger partial charge in [0.15, 0.2) is 6.10 Å². The lowest BCUT2D eigenvalue weighted by Gasteiger charge is -2.33. The van der Waals surface area contributed by atoms with Crippen LogP contribution in [0.2, 0.25) is 0 Å². The number of hydrogen-bond acceptors (Lipinski definition) is 5. The number of anilines is 3. The zero-order valence-corrected chi connectivity index (χ0v) is 18.9. The zero-order valence-electron chi connectivity index (χ0n) is 18.9. The summed E-state index contributed by atoms with van der Waals surface area (Å²) in [6.45, 7) is 1.45. The number of carbonyl (C=O) groups is 3. The predicted molar refractivity (Wildman–Crippen MR) is 129 cm³/mol. The lowest BCUT2D eigenvalue weighted by molar-refractivity contribution is -0.127. The van der Waals surface area contributed by atoms with Crippen LogP contribution in [0.4, 0.5) is 17.1 Å². The van der Waals surface area contributed by atoms with Gasteiger partial charge in [-0.2, -0.15) is 0 Å². The smallest absolute Gasteiger partial charge is 0.268 e. The maximum absolute atomic E-state index is 12.8. The second kappa shape index (κ2) is 10.1. The van der Waals surface area contributed by atoms with Gasteiger partial charge in [0.2, 0.25) is 11.8 Å². The first kappa shape index (κ1) is 22.8. The Morgan fingerprint density at radius 2 is 1.65 bits per heavy atom. The van der Waals surface area contributed by atoms with E-state index in [-0.39, 0.29) is 30.7 Å². The molecule has 0 saturated carbocycles. The molecule has 8 nitrogen and oxygen atoms in total. The molecule has 0 aliphatic carbocycles. The molecule has 3 aromatic carbocycles. The van der Waals surface area contributed by atoms with Gasteiger partial charge in [0.05, 0.1) is 19.2 Å². The van der Waals surface area contributed by atoms with E-state index in [1.807, 2.05) is 30.3 Å². The fourth-order valence-electron chi connectivity index (χ4n) is 3.65. The molecule has 3 aromatic rings. The van der Waals surface area contributed by atoms with Crippen molar-refractivity contribution in [2.45, 2.75) is 19.4 Å². The van der Waals surface area contributed by atoms with Gasteiger partial charge in [0.25, 0.3) is 5.91 Å². The van der Waals surface area contributed by atoms with Crippen molar-refractivity contribution in [3.05, 3.63) is 78.4 Å². The fraction of sp³-hybridized carbons (Fsp3) is 0.192. The van der Waals surface area contributed by atoms with E-state index < -0.39 is 6.10 Å². The van der Waals surface area contributed by atoms with Crippen molar-refractivity contribution in [1.82, 2.24) is 0 Å². The minimum atomic E-state index is -0.729. The van der Waals surface area contributed by atoms with Crippen LogP contribution in [-0.2, 0) is 20.8 Å². The lowest BCUT2D eigenvalue weighted by Crippen LogP contribution is -2.47. The van der Waals surface area contributed by atoms with Gasteiger partial charge >= 0.3 is 0 Å². The number of nitrogens with one attached hydrogen (secondary N) is 2. The number of amides is 3. The number of benzene rings is 3. The molecular weight excluding hydrogens is 434 g/mol. The van der Waals surface area contributed by atoms with Gasteiger partial charge in [0.1, 0.15) is 18.0 Å². The van der Waals surface area contributed by atoms with Gasteiger partial charge < -0.3 is 20.1 Å². The maximum atomic E-state index is 12.8. The molecule has 1 unspecified atom stereocenters. The van der Waals surface area contributed by atoms with Crippen molar-refractivity contribution in [3.63, 3.8) is 0 Å². The molecule has 0 bridgehead atoms. The number of ether oxygens (including phenoxy) is 2. The van der Waals surface area contributed by atoms with Gasteiger partial charge in [-0.15, -0.1) is 0 Å². The van der Waals surface area contributed by atoms with Crippen LogP contribution in [0, 0.1) is 0 Å². The van der Waals surface area contributed by atoms with Crippen LogP contribution in [0.25, 0.3) is 0 Å². The molecule has 1 aliphatic heterocycles. The molecule has 1 aliphatic rings. The highest BCUT2D eigenvalue weighted by Gasteiger charge is 2.33. The number of fused-ring (bicyclic) bond motifs is 1. The molecule has 2 N–H and O–H groups in total. The first-order valence-corrected chi connectivity index (χ1v) is 10.8. The molecule has 8 heteroatoms. The van der Waals surface area contributed by atoms with Crippen LogP contribution < -0.4 is 25.0 Å². The normalized spacial score (nSPS) is 14.6. The third kappa shape index (κ3) is 5.35. The summed E-state index contributed by atoms with van der Waals surface area (Å²) in [5.41, 5.74) is 2.40. The summed E-state index contributed by atoms with van der Waals surface area (Å²) in [4.78, 5) is 39.4. The van der Waals surface area contributed by atoms with E-state index in [2.05, 4.69) is 10.6 Å². The van der Waals surface area contributed by atoms with Gasteiger partial charge in [-0.25, -0.2) is 0 Å². The molecule has 0 saturated heterocycles. The number of para-hydroxylation sites is 1. The third-order valence-corrected chi connectivity index (χ3v) is 5.33. The van der Waals surface area contributed by atoms with E-state index in [1.54, 1.807) is 56.5 Å². The second-order valence-corrected chi connectivity index (χ2v) is 7.85. The maximum Gasteiger partial charge on any atom is 0.268 e. The molecule has 1 heterocycles. The summed E-state index contributed by atoms with van der Waals surface area (Å²) < 4.78 is 10.8. The summed E-state index contributed by atoms with van der Waals surface area (Å²) in [6, 6.07) is 21.3. The standard InChI is InChI=1S/C26H25N3O5/c1-17-26(32)29(16-25(31)27-19-6-4-3-5-7-19)22-15-20(10-13-23(22)34-17)28-24(30)14-18-8-11-21(33-2)12-9-18/h3-13,15,17H,14,16H2,1-2H3,(H,27,31)(H,28,30). The van der Waals surface area contributed by atoms with E-state index in [1.165, 1.54) is 4.90 Å². The molecule has 3 amide bonds. The topological polar surface area (TPSA) is 97.0 Å². The molecule has 34 heavy (non-hydrogen) atoms. The van der Waals surface area contributed by atoms with Crippen molar-refractivity contribution < 1.29 is 23.9 Å². The van der Waals surface area contributed by atoms with E-state index in [0.717, 1.165) is 5.56 Å². The summed E-state index contributed by atoms with van der Waals surface area (Å²) in [6.07, 6.45) is -0.552. The summed E-state index contributed by atoms with van der Waals surface area (Å²) in [5, 5.41) is 5.63. The summed E-state index contributed by atoms with van der Waals surface area (Å²) in [5.74, 6) is 0.294. The number of rotatable bonds is 7. The average Bonchev–Trinajstić information content (AvgIpc) is 2.83. The second-order valence-electron chi connectivity index (χ2n) is 7.85. The molecule has 4 rings (SSSR count). The van der Waals surface area contributed by atoms with Crippen LogP contribution in [0.5, 0.6) is 11.5 Å². The minimum Gasteiger partial charge on any atom is -0.497 e. The van der Waals surface area contributed by atoms with Crippen LogP contribution in [-0.4, -0.2) is 37.5 Å². The van der Waals surface area contributed by atoms with Crippen LogP contribution >= 0.6 is 0 Å². The number of methoxy groups -OCH3 is 1. The van der Waals surface area contributed by atoms with Crippen LogP contribution in [0.3, 0.4) is 0 Å². The Hall–Kier alpha value is -4.33. The lowest BCUT2D eigenvalue weighted by atomic mass is 10.1. The highest BCUT2D eigenvalue weighted by molar-refractivity contribution is 6.06. The number of hydrogen-bond donors (Lipinski definition) is 2. The SMILES string of the molecule is COc1ccc(CC(=O)Nc2ccc3c(c2)N(CC(=O)Nc2ccccc2)C(=O)C(C)O3)cc1. The van der Waals surface area contributed by atoms with Crippen LogP contribution in [0.15, 0.2) is 72.8 Å². The molecule has 0 aromatic heterocycles. The molecule has 0 radical (unpaired) electrons. The highest BCUT2D eigenvalue weighted by atomic mass is 16.5. The van der Waals surface area contributed by atoms with E-state index in [0.29, 0.717) is 28.6 Å². The van der Waals surface area contributed by atoms with E-state index in [9.17, 15) is 14.4 Å². The minimum absolute atomic E-state index is 0.177. The quantitative estimate of drug-likeness (QED) is 0.563. The van der Waals surface area contributed by atoms with Crippen molar-refractivity contribution in [1.29, 1.82) is 0 Å². The van der Waals surface area contributed by atoms with E-state index in [4.69, 9.17) is 9.47 Å². The third-order valence-electron chi connectivity index (χ3n) is 5.33.